The summed E-state index contributed by atoms with van der Waals surface area (Å²) in [6.45, 7) is 0.507. The van der Waals surface area contributed by atoms with E-state index in [0.29, 0.717) is 6.54 Å². The Balaban J connectivity index is 1.71. The molecule has 0 bridgehead atoms. The Morgan fingerprint density at radius 1 is 1.17 bits per heavy atom. The van der Waals surface area contributed by atoms with Crippen LogP contribution >= 0.6 is 0 Å². The molecule has 2 aromatic heterocycles. The Bertz CT molecular complexity index is 785. The summed E-state index contributed by atoms with van der Waals surface area (Å²) in [5.74, 6) is -0.186. The Morgan fingerprint density at radius 2 is 2.00 bits per heavy atom. The molecule has 0 saturated heterocycles. The summed E-state index contributed by atoms with van der Waals surface area (Å²) < 4.78 is 1.69. The number of amides is 1. The second kappa shape index (κ2) is 7.82. The zero-order valence-electron chi connectivity index (χ0n) is 13.0. The average Bonchev–Trinajstić information content (AvgIpc) is 3.14. The number of hydrogen-bond acceptors (Lipinski definition) is 4. The molecule has 0 aliphatic carbocycles. The van der Waals surface area contributed by atoms with Crippen molar-refractivity contribution >= 4 is 12.0 Å². The highest BCUT2D eigenvalue weighted by Crippen LogP contribution is 2.14. The lowest BCUT2D eigenvalue weighted by Gasteiger charge is -2.18. The van der Waals surface area contributed by atoms with Gasteiger partial charge in [-0.25, -0.2) is 4.98 Å². The zero-order valence-corrected chi connectivity index (χ0v) is 13.0. The Kier molecular flexibility index (Phi) is 5.09. The smallest absolute Gasteiger partial charge is 0.244 e. The number of carbonyl (C=O) groups excluding carboxylic acids is 1. The van der Waals surface area contributed by atoms with Crippen molar-refractivity contribution in [3.05, 3.63) is 84.7 Å². The van der Waals surface area contributed by atoms with Crippen molar-refractivity contribution in [2.45, 2.75) is 12.6 Å². The molecule has 0 saturated carbocycles. The maximum Gasteiger partial charge on any atom is 0.244 e. The minimum Gasteiger partial charge on any atom is -0.344 e. The molecule has 2 heterocycles. The quantitative estimate of drug-likeness (QED) is 0.707. The second-order valence-electron chi connectivity index (χ2n) is 5.18. The molecule has 6 nitrogen and oxygen atoms in total. The van der Waals surface area contributed by atoms with E-state index in [0.717, 1.165) is 11.3 Å². The molecule has 24 heavy (non-hydrogen) atoms. The van der Waals surface area contributed by atoms with E-state index < -0.39 is 0 Å². The van der Waals surface area contributed by atoms with Crippen LogP contribution in [0.4, 0.5) is 0 Å². The number of nitrogens with one attached hydrogen (secondary N) is 1. The molecule has 120 valence electrons. The number of pyridine rings is 1. The van der Waals surface area contributed by atoms with Crippen LogP contribution in [0.5, 0.6) is 0 Å². The molecule has 0 fully saturated rings. The Labute approximate surface area is 139 Å². The van der Waals surface area contributed by atoms with Crippen LogP contribution in [-0.4, -0.2) is 25.7 Å². The third kappa shape index (κ3) is 4.36. The molecular formula is C18H17N5O. The first-order valence-electron chi connectivity index (χ1n) is 7.58. The maximum atomic E-state index is 12.3. The van der Waals surface area contributed by atoms with Gasteiger partial charge in [-0.2, -0.15) is 5.10 Å². The van der Waals surface area contributed by atoms with E-state index in [9.17, 15) is 4.79 Å². The molecule has 1 atom stereocenters. The number of rotatable bonds is 6. The molecule has 6 heteroatoms. The molecule has 1 N–H and O–H groups in total. The first-order valence-corrected chi connectivity index (χ1v) is 7.58. The number of aromatic nitrogens is 4. The lowest BCUT2D eigenvalue weighted by Crippen LogP contribution is -2.30. The van der Waals surface area contributed by atoms with E-state index in [1.54, 1.807) is 23.3 Å². The fourth-order valence-corrected chi connectivity index (χ4v) is 2.29. The summed E-state index contributed by atoms with van der Waals surface area (Å²) in [6, 6.07) is 15.1. The number of carbonyl (C=O) groups is 1. The largest absolute Gasteiger partial charge is 0.344 e. The summed E-state index contributed by atoms with van der Waals surface area (Å²) in [5.41, 5.74) is 1.74. The highest BCUT2D eigenvalue weighted by Gasteiger charge is 2.14. The van der Waals surface area contributed by atoms with Gasteiger partial charge in [-0.1, -0.05) is 36.4 Å². The Hall–Kier alpha value is -3.28. The van der Waals surface area contributed by atoms with Gasteiger partial charge in [0.25, 0.3) is 0 Å². The highest BCUT2D eigenvalue weighted by atomic mass is 16.1. The molecule has 3 aromatic rings. The lowest BCUT2D eigenvalue weighted by atomic mass is 10.1. The monoisotopic (exact) mass is 319 g/mol. The van der Waals surface area contributed by atoms with Crippen LogP contribution in [-0.2, 0) is 11.3 Å². The number of hydrogen-bond donors (Lipinski definition) is 1. The molecular weight excluding hydrogens is 302 g/mol. The topological polar surface area (TPSA) is 72.7 Å². The molecule has 0 unspecified atom stereocenters. The lowest BCUT2D eigenvalue weighted by molar-refractivity contribution is -0.117. The third-order valence-corrected chi connectivity index (χ3v) is 3.45. The van der Waals surface area contributed by atoms with E-state index in [1.807, 2.05) is 48.5 Å². The number of nitrogens with zero attached hydrogens (tertiary/aromatic N) is 4. The van der Waals surface area contributed by atoms with E-state index >= 15 is 0 Å². The van der Waals surface area contributed by atoms with Crippen molar-refractivity contribution < 1.29 is 4.79 Å². The molecule has 0 spiro atoms. The minimum absolute atomic E-state index is 0.186. The minimum atomic E-state index is -0.200. The van der Waals surface area contributed by atoms with Crippen molar-refractivity contribution in [2.24, 2.45) is 0 Å². The molecule has 3 rings (SSSR count). The van der Waals surface area contributed by atoms with Crippen LogP contribution in [0.1, 0.15) is 17.3 Å². The molecule has 0 radical (unpaired) electrons. The van der Waals surface area contributed by atoms with Crippen molar-refractivity contribution in [2.75, 3.05) is 0 Å². The molecule has 0 aliphatic rings. The SMILES string of the molecule is O=C(/C=C/c1ccccn1)N[C@@H](Cn1cncn1)c1ccccc1. The molecule has 1 amide bonds. The highest BCUT2D eigenvalue weighted by molar-refractivity contribution is 5.91. The van der Waals surface area contributed by atoms with E-state index in [-0.39, 0.29) is 11.9 Å². The van der Waals surface area contributed by atoms with Gasteiger partial charge in [0.15, 0.2) is 0 Å². The van der Waals surface area contributed by atoms with Gasteiger partial charge in [-0.15, -0.1) is 0 Å². The van der Waals surface area contributed by atoms with Crippen LogP contribution in [0.2, 0.25) is 0 Å². The van der Waals surface area contributed by atoms with Crippen LogP contribution in [0.3, 0.4) is 0 Å². The second-order valence-corrected chi connectivity index (χ2v) is 5.18. The zero-order chi connectivity index (χ0) is 16.6. The van der Waals surface area contributed by atoms with Crippen molar-refractivity contribution in [3.8, 4) is 0 Å². The van der Waals surface area contributed by atoms with Crippen LogP contribution in [0.15, 0.2) is 73.5 Å². The summed E-state index contributed by atoms with van der Waals surface area (Å²) in [5, 5.41) is 7.11. The molecule has 0 aliphatic heterocycles. The van der Waals surface area contributed by atoms with Gasteiger partial charge in [-0.3, -0.25) is 14.5 Å². The third-order valence-electron chi connectivity index (χ3n) is 3.45. The summed E-state index contributed by atoms with van der Waals surface area (Å²) in [6.07, 6.45) is 7.97. The van der Waals surface area contributed by atoms with Gasteiger partial charge in [0, 0.05) is 12.3 Å². The van der Waals surface area contributed by atoms with Gasteiger partial charge < -0.3 is 5.32 Å². The standard InChI is InChI=1S/C18H17N5O/c24-18(10-9-16-8-4-5-11-20-16)22-17(12-23-14-19-13-21-23)15-6-2-1-3-7-15/h1-11,13-14,17H,12H2,(H,22,24)/b10-9+/t17-/m0/s1. The summed E-state index contributed by atoms with van der Waals surface area (Å²) in [4.78, 5) is 20.4. The predicted octanol–water partition coefficient (Wildman–Crippen LogP) is 2.24. The van der Waals surface area contributed by atoms with E-state index in [1.165, 1.54) is 12.4 Å². The average molecular weight is 319 g/mol. The van der Waals surface area contributed by atoms with Crippen molar-refractivity contribution in [1.82, 2.24) is 25.1 Å². The van der Waals surface area contributed by atoms with Gasteiger partial charge >= 0.3 is 0 Å². The molecule has 1 aromatic carbocycles. The normalized spacial score (nSPS) is 12.2. The van der Waals surface area contributed by atoms with Gasteiger partial charge in [0.2, 0.25) is 5.91 Å². The first-order chi connectivity index (χ1) is 11.8. The van der Waals surface area contributed by atoms with Crippen molar-refractivity contribution in [3.63, 3.8) is 0 Å². The maximum absolute atomic E-state index is 12.3. The van der Waals surface area contributed by atoms with Crippen LogP contribution in [0, 0.1) is 0 Å². The fourth-order valence-electron chi connectivity index (χ4n) is 2.29. The van der Waals surface area contributed by atoms with Gasteiger partial charge in [0.05, 0.1) is 18.3 Å². The summed E-state index contributed by atoms with van der Waals surface area (Å²) in [7, 11) is 0. The first kappa shape index (κ1) is 15.6. The van der Waals surface area contributed by atoms with Gasteiger partial charge in [0.1, 0.15) is 12.7 Å². The summed E-state index contributed by atoms with van der Waals surface area (Å²) >= 11 is 0. The predicted molar refractivity (Wildman–Crippen MR) is 90.6 cm³/mol. The van der Waals surface area contributed by atoms with Crippen LogP contribution < -0.4 is 5.32 Å². The van der Waals surface area contributed by atoms with Gasteiger partial charge in [-0.05, 0) is 23.8 Å². The van der Waals surface area contributed by atoms with Crippen LogP contribution in [0.25, 0.3) is 6.08 Å². The fraction of sp³-hybridized carbons (Fsp3) is 0.111. The van der Waals surface area contributed by atoms with E-state index in [2.05, 4.69) is 20.4 Å². The van der Waals surface area contributed by atoms with Crippen molar-refractivity contribution in [1.29, 1.82) is 0 Å². The number of benzene rings is 1. The Morgan fingerprint density at radius 3 is 2.71 bits per heavy atom. The van der Waals surface area contributed by atoms with E-state index in [4.69, 9.17) is 0 Å².